The molecule has 2 aromatic carbocycles. The number of nitrogens with zero attached hydrogens (tertiary/aromatic N) is 1. The van der Waals surface area contributed by atoms with Crippen LogP contribution < -0.4 is 5.32 Å². The fourth-order valence-electron chi connectivity index (χ4n) is 2.16. The van der Waals surface area contributed by atoms with E-state index in [-0.39, 0.29) is 11.7 Å². The number of benzene rings is 2. The van der Waals surface area contributed by atoms with Gasteiger partial charge in [-0.1, -0.05) is 30.3 Å². The smallest absolute Gasteiger partial charge is 0.251 e. The highest BCUT2D eigenvalue weighted by Crippen LogP contribution is 2.27. The maximum atomic E-state index is 12.9. The SMILES string of the molecule is Cc1nc(-c2ccccc2)sc1CNC(=O)c1ccc(F)cc1. The maximum Gasteiger partial charge on any atom is 0.251 e. The van der Waals surface area contributed by atoms with Gasteiger partial charge in [-0.05, 0) is 31.2 Å². The molecule has 0 saturated heterocycles. The molecule has 0 spiro atoms. The Morgan fingerprint density at radius 3 is 2.52 bits per heavy atom. The fourth-order valence-corrected chi connectivity index (χ4v) is 3.17. The first-order valence-electron chi connectivity index (χ1n) is 7.19. The zero-order chi connectivity index (χ0) is 16.2. The Labute approximate surface area is 137 Å². The van der Waals surface area contributed by atoms with Gasteiger partial charge in [-0.2, -0.15) is 0 Å². The van der Waals surface area contributed by atoms with E-state index in [2.05, 4.69) is 10.3 Å². The summed E-state index contributed by atoms with van der Waals surface area (Å²) in [5, 5.41) is 3.79. The first kappa shape index (κ1) is 15.4. The molecule has 3 rings (SSSR count). The molecule has 0 aliphatic rings. The van der Waals surface area contributed by atoms with Crippen LogP contribution in [0.3, 0.4) is 0 Å². The third kappa shape index (κ3) is 3.63. The van der Waals surface area contributed by atoms with Crippen molar-refractivity contribution in [1.29, 1.82) is 0 Å². The van der Waals surface area contributed by atoms with Crippen LogP contribution in [0.1, 0.15) is 20.9 Å². The molecule has 1 heterocycles. The molecule has 0 atom stereocenters. The molecule has 0 saturated carbocycles. The number of hydrogen-bond acceptors (Lipinski definition) is 3. The normalized spacial score (nSPS) is 10.5. The lowest BCUT2D eigenvalue weighted by atomic mass is 10.2. The van der Waals surface area contributed by atoms with E-state index in [0.717, 1.165) is 21.1 Å². The highest BCUT2D eigenvalue weighted by atomic mass is 32.1. The fraction of sp³-hybridized carbons (Fsp3) is 0.111. The summed E-state index contributed by atoms with van der Waals surface area (Å²) in [5.41, 5.74) is 2.42. The van der Waals surface area contributed by atoms with E-state index in [9.17, 15) is 9.18 Å². The topological polar surface area (TPSA) is 42.0 Å². The van der Waals surface area contributed by atoms with E-state index in [0.29, 0.717) is 12.1 Å². The Bertz CT molecular complexity index is 813. The van der Waals surface area contributed by atoms with Gasteiger partial charge in [0.05, 0.1) is 12.2 Å². The van der Waals surface area contributed by atoms with E-state index in [1.54, 1.807) is 11.3 Å². The summed E-state index contributed by atoms with van der Waals surface area (Å²) < 4.78 is 12.9. The molecule has 1 amide bonds. The molecule has 0 aliphatic carbocycles. The number of carbonyl (C=O) groups excluding carboxylic acids is 1. The molecule has 3 aromatic rings. The second-order valence-corrected chi connectivity index (χ2v) is 6.17. The van der Waals surface area contributed by atoms with Crippen LogP contribution in [-0.4, -0.2) is 10.9 Å². The van der Waals surface area contributed by atoms with Gasteiger partial charge >= 0.3 is 0 Å². The number of nitrogens with one attached hydrogen (secondary N) is 1. The minimum atomic E-state index is -0.354. The summed E-state index contributed by atoms with van der Waals surface area (Å²) in [6.07, 6.45) is 0. The molecular weight excluding hydrogens is 311 g/mol. The molecule has 0 fully saturated rings. The van der Waals surface area contributed by atoms with E-state index in [1.807, 2.05) is 37.3 Å². The van der Waals surface area contributed by atoms with Gasteiger partial charge in [0.1, 0.15) is 10.8 Å². The summed E-state index contributed by atoms with van der Waals surface area (Å²) >= 11 is 1.57. The molecule has 1 N–H and O–H groups in total. The molecule has 23 heavy (non-hydrogen) atoms. The molecule has 1 aromatic heterocycles. The Balaban J connectivity index is 1.70. The van der Waals surface area contributed by atoms with Gasteiger partial charge in [-0.15, -0.1) is 11.3 Å². The number of halogens is 1. The van der Waals surface area contributed by atoms with Crippen molar-refractivity contribution < 1.29 is 9.18 Å². The van der Waals surface area contributed by atoms with Crippen molar-refractivity contribution in [2.45, 2.75) is 13.5 Å². The Morgan fingerprint density at radius 2 is 1.83 bits per heavy atom. The summed E-state index contributed by atoms with van der Waals surface area (Å²) in [4.78, 5) is 17.6. The number of aryl methyl sites for hydroxylation is 1. The van der Waals surface area contributed by atoms with Crippen LogP contribution >= 0.6 is 11.3 Å². The standard InChI is InChI=1S/C18H15FN2OS/c1-12-16(23-18(21-12)14-5-3-2-4-6-14)11-20-17(22)13-7-9-15(19)10-8-13/h2-10H,11H2,1H3,(H,20,22). The number of aromatic nitrogens is 1. The molecular formula is C18H15FN2OS. The summed E-state index contributed by atoms with van der Waals surface area (Å²) in [5.74, 6) is -0.577. The Kier molecular flexibility index (Phi) is 4.48. The number of amides is 1. The van der Waals surface area contributed by atoms with Crippen LogP contribution in [0.2, 0.25) is 0 Å². The third-order valence-corrected chi connectivity index (χ3v) is 4.64. The average molecular weight is 326 g/mol. The monoisotopic (exact) mass is 326 g/mol. The quantitative estimate of drug-likeness (QED) is 0.781. The van der Waals surface area contributed by atoms with Crippen LogP contribution in [0.4, 0.5) is 4.39 Å². The predicted molar refractivity (Wildman–Crippen MR) is 89.9 cm³/mol. The number of hydrogen-bond donors (Lipinski definition) is 1. The second-order valence-electron chi connectivity index (χ2n) is 5.08. The first-order chi connectivity index (χ1) is 11.1. The van der Waals surface area contributed by atoms with Crippen LogP contribution in [0, 0.1) is 12.7 Å². The van der Waals surface area contributed by atoms with Gasteiger partial charge in [-0.3, -0.25) is 4.79 Å². The van der Waals surface area contributed by atoms with Crippen molar-refractivity contribution >= 4 is 17.2 Å². The molecule has 5 heteroatoms. The van der Waals surface area contributed by atoms with Crippen molar-refractivity contribution in [3.05, 3.63) is 76.5 Å². The lowest BCUT2D eigenvalue weighted by Crippen LogP contribution is -2.22. The minimum Gasteiger partial charge on any atom is -0.347 e. The average Bonchev–Trinajstić information content (AvgIpc) is 2.95. The van der Waals surface area contributed by atoms with E-state index in [4.69, 9.17) is 0 Å². The molecule has 0 radical (unpaired) electrons. The van der Waals surface area contributed by atoms with Crippen molar-refractivity contribution in [2.24, 2.45) is 0 Å². The predicted octanol–water partition coefficient (Wildman–Crippen LogP) is 4.19. The van der Waals surface area contributed by atoms with Crippen LogP contribution in [0.15, 0.2) is 54.6 Å². The van der Waals surface area contributed by atoms with Gasteiger partial charge in [0.2, 0.25) is 0 Å². The maximum absolute atomic E-state index is 12.9. The van der Waals surface area contributed by atoms with Gasteiger partial charge in [0, 0.05) is 16.0 Å². The summed E-state index contributed by atoms with van der Waals surface area (Å²) in [6, 6.07) is 15.4. The van der Waals surface area contributed by atoms with Crippen molar-refractivity contribution in [3.8, 4) is 10.6 Å². The van der Waals surface area contributed by atoms with Crippen molar-refractivity contribution in [2.75, 3.05) is 0 Å². The lowest BCUT2D eigenvalue weighted by Gasteiger charge is -2.04. The third-order valence-electron chi connectivity index (χ3n) is 3.43. The number of rotatable bonds is 4. The molecule has 116 valence electrons. The molecule has 0 aliphatic heterocycles. The van der Waals surface area contributed by atoms with Gasteiger partial charge in [0.25, 0.3) is 5.91 Å². The van der Waals surface area contributed by atoms with Gasteiger partial charge in [0.15, 0.2) is 0 Å². The minimum absolute atomic E-state index is 0.223. The van der Waals surface area contributed by atoms with E-state index >= 15 is 0 Å². The van der Waals surface area contributed by atoms with E-state index < -0.39 is 0 Å². The van der Waals surface area contributed by atoms with Gasteiger partial charge < -0.3 is 5.32 Å². The van der Waals surface area contributed by atoms with Crippen LogP contribution in [0.25, 0.3) is 10.6 Å². The Morgan fingerprint density at radius 1 is 1.13 bits per heavy atom. The summed E-state index contributed by atoms with van der Waals surface area (Å²) in [6.45, 7) is 2.34. The summed E-state index contributed by atoms with van der Waals surface area (Å²) in [7, 11) is 0. The first-order valence-corrected chi connectivity index (χ1v) is 8.00. The Hall–Kier alpha value is -2.53. The van der Waals surface area contributed by atoms with Crippen molar-refractivity contribution in [1.82, 2.24) is 10.3 Å². The zero-order valence-corrected chi connectivity index (χ0v) is 13.4. The van der Waals surface area contributed by atoms with Crippen LogP contribution in [0.5, 0.6) is 0 Å². The highest BCUT2D eigenvalue weighted by Gasteiger charge is 2.11. The van der Waals surface area contributed by atoms with Crippen LogP contribution in [-0.2, 0) is 6.54 Å². The molecule has 3 nitrogen and oxygen atoms in total. The van der Waals surface area contributed by atoms with E-state index in [1.165, 1.54) is 24.3 Å². The number of carbonyl (C=O) groups is 1. The largest absolute Gasteiger partial charge is 0.347 e. The zero-order valence-electron chi connectivity index (χ0n) is 12.5. The highest BCUT2D eigenvalue weighted by molar-refractivity contribution is 7.15. The van der Waals surface area contributed by atoms with Crippen molar-refractivity contribution in [3.63, 3.8) is 0 Å². The second kappa shape index (κ2) is 6.71. The number of thiazole rings is 1. The molecule has 0 unspecified atom stereocenters. The lowest BCUT2D eigenvalue weighted by molar-refractivity contribution is 0.0951. The molecule has 0 bridgehead atoms. The van der Waals surface area contributed by atoms with Gasteiger partial charge in [-0.25, -0.2) is 9.37 Å².